The van der Waals surface area contributed by atoms with Gasteiger partial charge < -0.3 is 15.4 Å². The van der Waals surface area contributed by atoms with E-state index in [-0.39, 0.29) is 11.5 Å². The molecule has 0 saturated heterocycles. The second kappa shape index (κ2) is 7.78. The lowest BCUT2D eigenvalue weighted by molar-refractivity contribution is -0.145. The molecule has 1 amide bonds. The molecule has 0 saturated carbocycles. The maximum atomic E-state index is 13.2. The molecule has 2 N–H and O–H groups in total. The van der Waals surface area contributed by atoms with E-state index in [0.717, 1.165) is 4.68 Å². The highest BCUT2D eigenvalue weighted by Gasteiger charge is 2.41. The number of anilines is 2. The molecule has 7 nitrogen and oxygen atoms in total. The van der Waals surface area contributed by atoms with Gasteiger partial charge in [0.1, 0.15) is 11.8 Å². The molecule has 10 heteroatoms. The number of hydrogen-bond donors (Lipinski definition) is 2. The Kier molecular flexibility index (Phi) is 5.14. The minimum absolute atomic E-state index is 0.0836. The number of nitrogens with zero attached hydrogens (tertiary/aromatic N) is 3. The van der Waals surface area contributed by atoms with Crippen molar-refractivity contribution in [3.63, 3.8) is 0 Å². The van der Waals surface area contributed by atoms with Crippen molar-refractivity contribution in [3.05, 3.63) is 77.3 Å². The fourth-order valence-electron chi connectivity index (χ4n) is 3.38. The first-order chi connectivity index (χ1) is 14.8. The molecule has 2 heterocycles. The smallest absolute Gasteiger partial charge is 0.453 e. The summed E-state index contributed by atoms with van der Waals surface area (Å²) in [5.74, 6) is -1.21. The molecular formula is C21H18F3N5O2. The molecule has 0 radical (unpaired) electrons. The van der Waals surface area contributed by atoms with Crippen molar-refractivity contribution in [2.75, 3.05) is 17.7 Å². The Morgan fingerprint density at radius 1 is 1.13 bits per heavy atom. The Morgan fingerprint density at radius 2 is 1.81 bits per heavy atom. The molecular weight excluding hydrogens is 411 g/mol. The Balaban J connectivity index is 1.75. The van der Waals surface area contributed by atoms with E-state index in [1.807, 2.05) is 0 Å². The van der Waals surface area contributed by atoms with Crippen molar-refractivity contribution in [2.45, 2.75) is 19.1 Å². The topological polar surface area (TPSA) is 81.1 Å². The predicted molar refractivity (Wildman–Crippen MR) is 108 cm³/mol. The monoisotopic (exact) mass is 429 g/mol. The summed E-state index contributed by atoms with van der Waals surface area (Å²) in [6.45, 7) is 1.62. The summed E-state index contributed by atoms with van der Waals surface area (Å²) in [7, 11) is 1.53. The number of allylic oxidation sites excluding steroid dienone is 1. The van der Waals surface area contributed by atoms with Crippen molar-refractivity contribution in [2.24, 2.45) is 0 Å². The molecule has 31 heavy (non-hydrogen) atoms. The van der Waals surface area contributed by atoms with Gasteiger partial charge in [-0.15, -0.1) is 5.10 Å². The zero-order chi connectivity index (χ0) is 22.2. The van der Waals surface area contributed by atoms with E-state index >= 15 is 0 Å². The number of halogens is 3. The zero-order valence-corrected chi connectivity index (χ0v) is 16.6. The number of alkyl halides is 3. The Hall–Kier alpha value is -3.82. The zero-order valence-electron chi connectivity index (χ0n) is 16.6. The van der Waals surface area contributed by atoms with Crippen molar-refractivity contribution in [1.29, 1.82) is 0 Å². The van der Waals surface area contributed by atoms with Crippen LogP contribution in [0, 0.1) is 0 Å². The fraction of sp³-hybridized carbons (Fsp3) is 0.190. The summed E-state index contributed by atoms with van der Waals surface area (Å²) >= 11 is 0. The number of rotatable bonds is 4. The molecule has 0 fully saturated rings. The van der Waals surface area contributed by atoms with E-state index in [2.05, 4.69) is 20.7 Å². The Labute approximate surface area is 175 Å². The van der Waals surface area contributed by atoms with Crippen LogP contribution in [0.3, 0.4) is 0 Å². The van der Waals surface area contributed by atoms with Crippen molar-refractivity contribution in [3.8, 4) is 5.75 Å². The molecule has 1 atom stereocenters. The maximum absolute atomic E-state index is 13.2. The quantitative estimate of drug-likeness (QED) is 0.649. The highest BCUT2D eigenvalue weighted by atomic mass is 19.4. The number of hydrogen-bond acceptors (Lipinski definition) is 5. The van der Waals surface area contributed by atoms with Crippen LogP contribution < -0.4 is 15.4 Å². The second-order valence-corrected chi connectivity index (χ2v) is 6.86. The average Bonchev–Trinajstić information content (AvgIpc) is 3.18. The third-order valence-corrected chi connectivity index (χ3v) is 4.81. The van der Waals surface area contributed by atoms with Gasteiger partial charge in [0, 0.05) is 11.4 Å². The average molecular weight is 429 g/mol. The fourth-order valence-corrected chi connectivity index (χ4v) is 3.38. The Morgan fingerprint density at radius 3 is 2.42 bits per heavy atom. The van der Waals surface area contributed by atoms with Gasteiger partial charge >= 0.3 is 6.18 Å². The molecule has 1 aliphatic rings. The molecule has 1 unspecified atom stereocenters. The third-order valence-electron chi connectivity index (χ3n) is 4.81. The summed E-state index contributed by atoms with van der Waals surface area (Å²) in [5.41, 5.74) is 1.73. The van der Waals surface area contributed by atoms with Crippen LogP contribution in [0.4, 0.5) is 24.8 Å². The summed E-state index contributed by atoms with van der Waals surface area (Å²) in [6, 6.07) is 14.5. The third kappa shape index (κ3) is 3.96. The van der Waals surface area contributed by atoms with Gasteiger partial charge in [-0.05, 0) is 36.8 Å². The van der Waals surface area contributed by atoms with Crippen LogP contribution in [0.25, 0.3) is 0 Å². The van der Waals surface area contributed by atoms with E-state index in [1.165, 1.54) is 7.11 Å². The van der Waals surface area contributed by atoms with Crippen molar-refractivity contribution < 1.29 is 22.7 Å². The van der Waals surface area contributed by atoms with Gasteiger partial charge in [-0.25, -0.2) is 4.68 Å². The first-order valence-electron chi connectivity index (χ1n) is 9.30. The number of benzene rings is 2. The normalized spacial score (nSPS) is 15.8. The molecule has 3 aromatic rings. The standard InChI is InChI=1S/C21H18F3N5O2/c1-12-16(18(30)26-14-8-10-15(31-2)11-9-14)17(13-6-4-3-5-7-13)29-20(25-12)27-19(28-29)21(22,23)24/h3-11,17H,1-2H3,(H,26,30)(H,25,27,28). The highest BCUT2D eigenvalue weighted by molar-refractivity contribution is 6.06. The van der Waals surface area contributed by atoms with Gasteiger partial charge in [0.25, 0.3) is 11.7 Å². The minimum atomic E-state index is -4.72. The van der Waals surface area contributed by atoms with Gasteiger partial charge in [0.05, 0.1) is 12.7 Å². The van der Waals surface area contributed by atoms with Crippen LogP contribution in [0.1, 0.15) is 24.4 Å². The Bertz CT molecular complexity index is 1140. The summed E-state index contributed by atoms with van der Waals surface area (Å²) in [4.78, 5) is 16.8. The lowest BCUT2D eigenvalue weighted by atomic mass is 9.95. The number of amides is 1. The molecule has 2 aromatic carbocycles. The number of ether oxygens (including phenoxy) is 1. The van der Waals surface area contributed by atoms with Crippen LogP contribution in [-0.2, 0) is 11.0 Å². The molecule has 0 bridgehead atoms. The SMILES string of the molecule is COc1ccc(NC(=O)C2=C(C)Nc3nc(C(F)(F)F)nn3C2c2ccccc2)cc1. The molecule has 0 spiro atoms. The van der Waals surface area contributed by atoms with E-state index < -0.39 is 23.9 Å². The number of aromatic nitrogens is 3. The maximum Gasteiger partial charge on any atom is 0.453 e. The second-order valence-electron chi connectivity index (χ2n) is 6.86. The molecule has 0 aliphatic carbocycles. The number of carbonyl (C=O) groups is 1. The van der Waals surface area contributed by atoms with E-state index in [0.29, 0.717) is 22.7 Å². The first-order valence-corrected chi connectivity index (χ1v) is 9.30. The van der Waals surface area contributed by atoms with Crippen LogP contribution >= 0.6 is 0 Å². The van der Waals surface area contributed by atoms with E-state index in [9.17, 15) is 18.0 Å². The number of carbonyl (C=O) groups excluding carboxylic acids is 1. The lowest BCUT2D eigenvalue weighted by Gasteiger charge is -2.28. The highest BCUT2D eigenvalue weighted by Crippen LogP contribution is 2.37. The first kappa shape index (κ1) is 20.5. The number of methoxy groups -OCH3 is 1. The van der Waals surface area contributed by atoms with Crippen molar-refractivity contribution in [1.82, 2.24) is 14.8 Å². The van der Waals surface area contributed by atoms with E-state index in [4.69, 9.17) is 4.74 Å². The molecule has 4 rings (SSSR count). The number of nitrogens with one attached hydrogen (secondary N) is 2. The van der Waals surface area contributed by atoms with Crippen LogP contribution in [0.2, 0.25) is 0 Å². The van der Waals surface area contributed by atoms with Crippen LogP contribution in [-0.4, -0.2) is 27.8 Å². The van der Waals surface area contributed by atoms with Crippen LogP contribution in [0.5, 0.6) is 5.75 Å². The van der Waals surface area contributed by atoms with Crippen LogP contribution in [0.15, 0.2) is 65.9 Å². The summed E-state index contributed by atoms with van der Waals surface area (Å²) < 4.78 is 45.9. The van der Waals surface area contributed by atoms with Gasteiger partial charge in [0.2, 0.25) is 5.95 Å². The van der Waals surface area contributed by atoms with E-state index in [1.54, 1.807) is 61.5 Å². The summed E-state index contributed by atoms with van der Waals surface area (Å²) in [5, 5.41) is 9.22. The minimum Gasteiger partial charge on any atom is -0.497 e. The van der Waals surface area contributed by atoms with Gasteiger partial charge in [-0.2, -0.15) is 18.2 Å². The predicted octanol–water partition coefficient (Wildman–Crippen LogP) is 4.23. The largest absolute Gasteiger partial charge is 0.497 e. The number of fused-ring (bicyclic) bond motifs is 1. The summed E-state index contributed by atoms with van der Waals surface area (Å²) in [6.07, 6.45) is -4.72. The lowest BCUT2D eigenvalue weighted by Crippen LogP contribution is -2.31. The van der Waals surface area contributed by atoms with Crippen molar-refractivity contribution >= 4 is 17.5 Å². The molecule has 160 valence electrons. The molecule has 1 aliphatic heterocycles. The molecule has 1 aromatic heterocycles. The van der Waals surface area contributed by atoms with Gasteiger partial charge in [-0.3, -0.25) is 4.79 Å². The van der Waals surface area contributed by atoms with Gasteiger partial charge in [-0.1, -0.05) is 30.3 Å². The van der Waals surface area contributed by atoms with Gasteiger partial charge in [0.15, 0.2) is 0 Å².